The van der Waals surface area contributed by atoms with Gasteiger partial charge in [-0.3, -0.25) is 14.9 Å². The molecule has 0 aromatic carbocycles. The average molecular weight is 404 g/mol. The Labute approximate surface area is 154 Å². The molecule has 4 rings (SSSR count). The molecule has 0 amide bonds. The lowest BCUT2D eigenvalue weighted by molar-refractivity contribution is 0.137. The Hall–Kier alpha value is -1.83. The number of hydrogen-bond donors (Lipinski definition) is 1. The van der Waals surface area contributed by atoms with Crippen LogP contribution in [0.15, 0.2) is 46.8 Å². The Morgan fingerprint density at radius 3 is 3.04 bits per heavy atom. The number of halogens is 2. The maximum absolute atomic E-state index is 14.0. The van der Waals surface area contributed by atoms with Gasteiger partial charge in [0.2, 0.25) is 0 Å². The van der Waals surface area contributed by atoms with Gasteiger partial charge in [-0.15, -0.1) is 0 Å². The van der Waals surface area contributed by atoms with Gasteiger partial charge in [-0.1, -0.05) is 6.07 Å². The SMILES string of the molecule is Cc1cccnc1C1C=C2CN(Cc3ncc(Br)cc3F)CCN2N1. The zero-order valence-corrected chi connectivity index (χ0v) is 15.5. The molecule has 2 aromatic rings. The standard InChI is InChI=1S/C18H19BrFN5/c1-12-3-2-4-21-18(12)16-8-14-10-24(5-6-25(14)23-16)11-17-15(20)7-13(19)9-22-17/h2-4,7-9,16,23H,5-6,10-11H2,1H3. The lowest BCUT2D eigenvalue weighted by Crippen LogP contribution is -2.47. The molecular weight excluding hydrogens is 385 g/mol. The first kappa shape index (κ1) is 16.6. The highest BCUT2D eigenvalue weighted by atomic mass is 79.9. The van der Waals surface area contributed by atoms with E-state index in [0.29, 0.717) is 16.7 Å². The van der Waals surface area contributed by atoms with Gasteiger partial charge in [0.15, 0.2) is 0 Å². The van der Waals surface area contributed by atoms with Crippen molar-refractivity contribution < 1.29 is 4.39 Å². The molecule has 5 nitrogen and oxygen atoms in total. The summed E-state index contributed by atoms with van der Waals surface area (Å²) in [6, 6.07) is 5.59. The molecule has 1 fully saturated rings. The van der Waals surface area contributed by atoms with Crippen LogP contribution in [0.1, 0.15) is 23.0 Å². The summed E-state index contributed by atoms with van der Waals surface area (Å²) in [5.41, 5.74) is 7.43. The summed E-state index contributed by atoms with van der Waals surface area (Å²) in [5.74, 6) is -0.266. The molecule has 4 heterocycles. The summed E-state index contributed by atoms with van der Waals surface area (Å²) < 4.78 is 14.7. The lowest BCUT2D eigenvalue weighted by Gasteiger charge is -2.35. The van der Waals surface area contributed by atoms with Crippen LogP contribution in [0.2, 0.25) is 0 Å². The summed E-state index contributed by atoms with van der Waals surface area (Å²) in [7, 11) is 0. The Morgan fingerprint density at radius 1 is 1.36 bits per heavy atom. The zero-order chi connectivity index (χ0) is 17.4. The molecule has 0 spiro atoms. The molecule has 2 aliphatic heterocycles. The minimum absolute atomic E-state index is 0.0960. The van der Waals surface area contributed by atoms with Crippen molar-refractivity contribution in [3.63, 3.8) is 0 Å². The number of fused-ring (bicyclic) bond motifs is 1. The Kier molecular flexibility index (Phi) is 4.54. The molecule has 25 heavy (non-hydrogen) atoms. The second kappa shape index (κ2) is 6.82. The van der Waals surface area contributed by atoms with Crippen LogP contribution in [0.5, 0.6) is 0 Å². The minimum atomic E-state index is -0.266. The molecular formula is C18H19BrFN5. The smallest absolute Gasteiger partial charge is 0.147 e. The highest BCUT2D eigenvalue weighted by molar-refractivity contribution is 9.10. The molecule has 0 saturated carbocycles. The quantitative estimate of drug-likeness (QED) is 0.853. The molecule has 0 bridgehead atoms. The molecule has 0 aliphatic carbocycles. The number of hydrazine groups is 1. The second-order valence-corrected chi connectivity index (χ2v) is 7.33. The van der Waals surface area contributed by atoms with Crippen LogP contribution in [-0.4, -0.2) is 39.5 Å². The van der Waals surface area contributed by atoms with Crippen molar-refractivity contribution in [2.45, 2.75) is 19.5 Å². The van der Waals surface area contributed by atoms with Crippen molar-refractivity contribution in [1.29, 1.82) is 0 Å². The van der Waals surface area contributed by atoms with Crippen LogP contribution in [0.25, 0.3) is 0 Å². The van der Waals surface area contributed by atoms with Crippen molar-refractivity contribution in [3.05, 3.63) is 69.6 Å². The van der Waals surface area contributed by atoms with Gasteiger partial charge in [0.25, 0.3) is 0 Å². The molecule has 1 unspecified atom stereocenters. The van der Waals surface area contributed by atoms with E-state index in [-0.39, 0.29) is 11.9 Å². The van der Waals surface area contributed by atoms with Crippen LogP contribution in [0.4, 0.5) is 4.39 Å². The number of hydrogen-bond acceptors (Lipinski definition) is 5. The lowest BCUT2D eigenvalue weighted by atomic mass is 10.1. The fourth-order valence-corrected chi connectivity index (χ4v) is 3.64. The number of aryl methyl sites for hydroxylation is 1. The zero-order valence-electron chi connectivity index (χ0n) is 13.9. The van der Waals surface area contributed by atoms with Crippen LogP contribution >= 0.6 is 15.9 Å². The van der Waals surface area contributed by atoms with Gasteiger partial charge >= 0.3 is 0 Å². The fraction of sp³-hybridized carbons (Fsp3) is 0.333. The molecule has 1 saturated heterocycles. The molecule has 2 aliphatic rings. The number of nitrogens with one attached hydrogen (secondary N) is 1. The first-order valence-corrected chi connectivity index (χ1v) is 9.07. The van der Waals surface area contributed by atoms with E-state index < -0.39 is 0 Å². The van der Waals surface area contributed by atoms with Gasteiger partial charge < -0.3 is 5.01 Å². The van der Waals surface area contributed by atoms with Crippen LogP contribution < -0.4 is 5.43 Å². The maximum atomic E-state index is 14.0. The summed E-state index contributed by atoms with van der Waals surface area (Å²) >= 11 is 3.25. The third kappa shape index (κ3) is 3.44. The predicted octanol–water partition coefficient (Wildman–Crippen LogP) is 2.95. The Bertz CT molecular complexity index is 825. The largest absolute Gasteiger partial charge is 0.309 e. The highest BCUT2D eigenvalue weighted by Crippen LogP contribution is 2.28. The highest BCUT2D eigenvalue weighted by Gasteiger charge is 2.30. The monoisotopic (exact) mass is 403 g/mol. The summed E-state index contributed by atoms with van der Waals surface area (Å²) in [6.45, 7) is 5.07. The van der Waals surface area contributed by atoms with Gasteiger partial charge in [0.1, 0.15) is 5.82 Å². The topological polar surface area (TPSA) is 44.3 Å². The van der Waals surface area contributed by atoms with Gasteiger partial charge in [-0.25, -0.2) is 9.82 Å². The molecule has 1 N–H and O–H groups in total. The third-order valence-electron chi connectivity index (χ3n) is 4.63. The molecule has 130 valence electrons. The third-order valence-corrected chi connectivity index (χ3v) is 5.06. The fourth-order valence-electron chi connectivity index (χ4n) is 3.34. The van der Waals surface area contributed by atoms with Gasteiger partial charge in [-0.2, -0.15) is 0 Å². The molecule has 1 atom stereocenters. The van der Waals surface area contributed by atoms with Gasteiger partial charge in [-0.05, 0) is 46.6 Å². The first-order chi connectivity index (χ1) is 12.1. The van der Waals surface area contributed by atoms with E-state index in [9.17, 15) is 4.39 Å². The minimum Gasteiger partial charge on any atom is -0.309 e. The summed E-state index contributed by atoms with van der Waals surface area (Å²) in [4.78, 5) is 10.9. The Morgan fingerprint density at radius 2 is 2.24 bits per heavy atom. The van der Waals surface area contributed by atoms with Crippen molar-refractivity contribution >= 4 is 15.9 Å². The van der Waals surface area contributed by atoms with E-state index in [0.717, 1.165) is 25.3 Å². The van der Waals surface area contributed by atoms with Crippen molar-refractivity contribution in [2.24, 2.45) is 0 Å². The molecule has 2 aromatic heterocycles. The predicted molar refractivity (Wildman–Crippen MR) is 96.8 cm³/mol. The van der Waals surface area contributed by atoms with Gasteiger partial charge in [0.05, 0.1) is 17.4 Å². The summed E-state index contributed by atoms with van der Waals surface area (Å²) in [5, 5.41) is 2.18. The molecule has 0 radical (unpaired) electrons. The Balaban J connectivity index is 1.48. The average Bonchev–Trinajstić information content (AvgIpc) is 3.01. The van der Waals surface area contributed by atoms with Crippen molar-refractivity contribution in [3.8, 4) is 0 Å². The number of rotatable bonds is 3. The van der Waals surface area contributed by atoms with E-state index in [4.69, 9.17) is 0 Å². The first-order valence-electron chi connectivity index (χ1n) is 8.28. The van der Waals surface area contributed by atoms with E-state index >= 15 is 0 Å². The van der Waals surface area contributed by atoms with Crippen molar-refractivity contribution in [2.75, 3.05) is 19.6 Å². The number of pyridine rings is 2. The second-order valence-electron chi connectivity index (χ2n) is 6.41. The normalized spacial score (nSPS) is 20.5. The number of aromatic nitrogens is 2. The van der Waals surface area contributed by atoms with Gasteiger partial charge in [0, 0.05) is 48.7 Å². The number of nitrogens with zero attached hydrogens (tertiary/aromatic N) is 4. The van der Waals surface area contributed by atoms with Crippen LogP contribution in [0.3, 0.4) is 0 Å². The number of piperazine rings is 1. The van der Waals surface area contributed by atoms with E-state index in [1.807, 2.05) is 12.3 Å². The summed E-state index contributed by atoms with van der Waals surface area (Å²) in [6.07, 6.45) is 5.69. The maximum Gasteiger partial charge on any atom is 0.147 e. The van der Waals surface area contributed by atoms with Crippen molar-refractivity contribution in [1.82, 2.24) is 25.3 Å². The van der Waals surface area contributed by atoms with E-state index in [1.165, 1.54) is 17.3 Å². The van der Waals surface area contributed by atoms with E-state index in [2.05, 4.69) is 60.3 Å². The van der Waals surface area contributed by atoms with E-state index in [1.54, 1.807) is 6.20 Å². The van der Waals surface area contributed by atoms with Crippen LogP contribution in [0, 0.1) is 12.7 Å². The van der Waals surface area contributed by atoms with Crippen LogP contribution in [-0.2, 0) is 6.54 Å². The molecule has 7 heteroatoms.